The lowest BCUT2D eigenvalue weighted by atomic mass is 10.2. The number of carbonyl (C=O) groups excluding carboxylic acids is 1. The van der Waals surface area contributed by atoms with Gasteiger partial charge in [-0.3, -0.25) is 9.63 Å². The molecule has 0 radical (unpaired) electrons. The summed E-state index contributed by atoms with van der Waals surface area (Å²) >= 11 is 5.59. The third-order valence-electron chi connectivity index (χ3n) is 1.44. The number of amides is 1. The minimum Gasteiger partial charge on any atom is -0.452 e. The van der Waals surface area contributed by atoms with Crippen LogP contribution in [0.5, 0.6) is 0 Å². The van der Waals surface area contributed by atoms with Gasteiger partial charge in [-0.1, -0.05) is 13.8 Å². The van der Waals surface area contributed by atoms with E-state index in [-0.39, 0.29) is 10.8 Å². The second kappa shape index (κ2) is 5.02. The molecule has 5 heteroatoms. The first-order valence-electron chi connectivity index (χ1n) is 4.26. The molecular weight excluding hydrogens is 206 g/mol. The molecule has 0 saturated heterocycles. The first-order chi connectivity index (χ1) is 6.61. The predicted molar refractivity (Wildman–Crippen MR) is 52.0 cm³/mol. The van der Waals surface area contributed by atoms with Gasteiger partial charge in [-0.05, 0) is 23.6 Å². The van der Waals surface area contributed by atoms with Gasteiger partial charge in [-0.25, -0.2) is 5.48 Å². The Bertz CT molecular complexity index is 309. The molecule has 1 rings (SSSR count). The molecule has 4 nitrogen and oxygen atoms in total. The highest BCUT2D eigenvalue weighted by Gasteiger charge is 2.12. The van der Waals surface area contributed by atoms with Crippen LogP contribution >= 0.6 is 11.6 Å². The first-order valence-corrected chi connectivity index (χ1v) is 4.64. The van der Waals surface area contributed by atoms with Gasteiger partial charge in [0.1, 0.15) is 0 Å². The molecule has 1 heterocycles. The zero-order valence-electron chi connectivity index (χ0n) is 8.04. The van der Waals surface area contributed by atoms with Gasteiger partial charge in [0.2, 0.25) is 5.22 Å². The van der Waals surface area contributed by atoms with Gasteiger partial charge in [0, 0.05) is 0 Å². The molecule has 0 atom stereocenters. The Balaban J connectivity index is 2.40. The predicted octanol–water partition coefficient (Wildman–Crippen LogP) is 2.25. The standard InChI is InChI=1S/C9H12ClNO3/c1-6(2)5-14-11-9(12)7-3-4-13-8(7)10/h3-4,6H,5H2,1-2H3,(H,11,12). The van der Waals surface area contributed by atoms with Crippen molar-refractivity contribution in [2.24, 2.45) is 5.92 Å². The molecule has 0 unspecified atom stereocenters. The molecule has 0 bridgehead atoms. The molecule has 1 amide bonds. The van der Waals surface area contributed by atoms with Gasteiger partial charge in [-0.15, -0.1) is 0 Å². The van der Waals surface area contributed by atoms with E-state index in [9.17, 15) is 4.79 Å². The summed E-state index contributed by atoms with van der Waals surface area (Å²) in [5.41, 5.74) is 2.55. The van der Waals surface area contributed by atoms with Crippen molar-refractivity contribution in [3.05, 3.63) is 23.1 Å². The van der Waals surface area contributed by atoms with Crippen LogP contribution in [0.1, 0.15) is 24.2 Å². The lowest BCUT2D eigenvalue weighted by Crippen LogP contribution is -2.25. The van der Waals surface area contributed by atoms with Gasteiger partial charge in [0.25, 0.3) is 5.91 Å². The highest BCUT2D eigenvalue weighted by molar-refractivity contribution is 6.32. The van der Waals surface area contributed by atoms with E-state index in [2.05, 4.69) is 5.48 Å². The Morgan fingerprint density at radius 2 is 2.43 bits per heavy atom. The van der Waals surface area contributed by atoms with Crippen LogP contribution in [0.15, 0.2) is 16.7 Å². The monoisotopic (exact) mass is 217 g/mol. The number of hydrogen-bond acceptors (Lipinski definition) is 3. The molecule has 0 aliphatic carbocycles. The Morgan fingerprint density at radius 3 is 2.93 bits per heavy atom. The van der Waals surface area contributed by atoms with E-state index >= 15 is 0 Å². The van der Waals surface area contributed by atoms with Crippen LogP contribution in [0.2, 0.25) is 5.22 Å². The van der Waals surface area contributed by atoms with E-state index in [0.29, 0.717) is 12.5 Å². The van der Waals surface area contributed by atoms with Gasteiger partial charge in [0.15, 0.2) is 0 Å². The molecule has 14 heavy (non-hydrogen) atoms. The van der Waals surface area contributed by atoms with Crippen molar-refractivity contribution in [3.63, 3.8) is 0 Å². The molecule has 0 aliphatic heterocycles. The largest absolute Gasteiger partial charge is 0.452 e. The van der Waals surface area contributed by atoms with Crippen molar-refractivity contribution in [3.8, 4) is 0 Å². The maximum absolute atomic E-state index is 11.3. The zero-order chi connectivity index (χ0) is 10.6. The number of nitrogens with one attached hydrogen (secondary N) is 1. The van der Waals surface area contributed by atoms with Crippen LogP contribution in [-0.4, -0.2) is 12.5 Å². The Hall–Kier alpha value is -1.00. The second-order valence-corrected chi connectivity index (χ2v) is 3.59. The molecule has 1 N–H and O–H groups in total. The molecule has 0 fully saturated rings. The lowest BCUT2D eigenvalue weighted by molar-refractivity contribution is 0.0208. The number of hydrogen-bond donors (Lipinski definition) is 1. The summed E-state index contributed by atoms with van der Waals surface area (Å²) in [6.45, 7) is 4.43. The Labute approximate surface area is 87.1 Å². The van der Waals surface area contributed by atoms with Crippen LogP contribution < -0.4 is 5.48 Å². The van der Waals surface area contributed by atoms with Gasteiger partial charge >= 0.3 is 0 Å². The summed E-state index contributed by atoms with van der Waals surface area (Å²) < 4.78 is 4.76. The fourth-order valence-electron chi connectivity index (χ4n) is 0.785. The van der Waals surface area contributed by atoms with Crippen molar-refractivity contribution < 1.29 is 14.0 Å². The average molecular weight is 218 g/mol. The third kappa shape index (κ3) is 3.05. The van der Waals surface area contributed by atoms with Crippen molar-refractivity contribution in [1.29, 1.82) is 0 Å². The quantitative estimate of drug-likeness (QED) is 0.787. The summed E-state index contributed by atoms with van der Waals surface area (Å²) in [7, 11) is 0. The Kier molecular flexibility index (Phi) is 3.98. The van der Waals surface area contributed by atoms with Gasteiger partial charge < -0.3 is 4.42 Å². The van der Waals surface area contributed by atoms with E-state index in [4.69, 9.17) is 20.9 Å². The summed E-state index contributed by atoms with van der Waals surface area (Å²) in [5.74, 6) is -0.0421. The summed E-state index contributed by atoms with van der Waals surface area (Å²) in [5, 5.41) is 0.0654. The van der Waals surface area contributed by atoms with Crippen LogP contribution in [0.4, 0.5) is 0 Å². The van der Waals surface area contributed by atoms with E-state index in [0.717, 1.165) is 0 Å². The molecule has 0 spiro atoms. The second-order valence-electron chi connectivity index (χ2n) is 3.24. The van der Waals surface area contributed by atoms with Gasteiger partial charge in [-0.2, -0.15) is 0 Å². The topological polar surface area (TPSA) is 51.5 Å². The van der Waals surface area contributed by atoms with Crippen LogP contribution in [0, 0.1) is 5.92 Å². The summed E-state index contributed by atoms with van der Waals surface area (Å²) in [6.07, 6.45) is 1.35. The fraction of sp³-hybridized carbons (Fsp3) is 0.444. The smallest absolute Gasteiger partial charge is 0.279 e. The number of furan rings is 1. The van der Waals surface area contributed by atoms with Crippen molar-refractivity contribution in [2.75, 3.05) is 6.61 Å². The van der Waals surface area contributed by atoms with Crippen molar-refractivity contribution >= 4 is 17.5 Å². The summed E-state index contributed by atoms with van der Waals surface area (Å²) in [4.78, 5) is 16.3. The highest BCUT2D eigenvalue weighted by atomic mass is 35.5. The average Bonchev–Trinajstić information content (AvgIpc) is 2.50. The third-order valence-corrected chi connectivity index (χ3v) is 1.74. The van der Waals surface area contributed by atoms with Crippen LogP contribution in [0.25, 0.3) is 0 Å². The first kappa shape index (κ1) is 11.1. The number of rotatable bonds is 4. The van der Waals surface area contributed by atoms with Crippen LogP contribution in [-0.2, 0) is 4.84 Å². The maximum atomic E-state index is 11.3. The highest BCUT2D eigenvalue weighted by Crippen LogP contribution is 2.15. The van der Waals surface area contributed by atoms with E-state index in [1.54, 1.807) is 0 Å². The van der Waals surface area contributed by atoms with Crippen LogP contribution in [0.3, 0.4) is 0 Å². The molecule has 0 aliphatic rings. The number of halogens is 1. The normalized spacial score (nSPS) is 10.6. The van der Waals surface area contributed by atoms with Crippen molar-refractivity contribution in [2.45, 2.75) is 13.8 Å². The lowest BCUT2D eigenvalue weighted by Gasteiger charge is -2.06. The molecule has 0 aromatic carbocycles. The molecule has 0 saturated carbocycles. The Morgan fingerprint density at radius 1 is 1.71 bits per heavy atom. The van der Waals surface area contributed by atoms with E-state index in [1.807, 2.05) is 13.8 Å². The minimum atomic E-state index is -0.399. The molecule has 1 aromatic heterocycles. The summed E-state index contributed by atoms with van der Waals surface area (Å²) in [6, 6.07) is 1.48. The maximum Gasteiger partial charge on any atom is 0.279 e. The fourth-order valence-corrected chi connectivity index (χ4v) is 0.985. The zero-order valence-corrected chi connectivity index (χ0v) is 8.80. The number of carbonyl (C=O) groups is 1. The molecular formula is C9H12ClNO3. The minimum absolute atomic E-state index is 0.0654. The van der Waals surface area contributed by atoms with Gasteiger partial charge in [0.05, 0.1) is 18.4 Å². The van der Waals surface area contributed by atoms with Crippen molar-refractivity contribution in [1.82, 2.24) is 5.48 Å². The van der Waals surface area contributed by atoms with E-state index < -0.39 is 5.91 Å². The molecule has 1 aromatic rings. The SMILES string of the molecule is CC(C)CONC(=O)c1ccoc1Cl. The molecule has 78 valence electrons. The van der Waals surface area contributed by atoms with E-state index in [1.165, 1.54) is 12.3 Å². The number of hydroxylamine groups is 1.